The Morgan fingerprint density at radius 1 is 1.17 bits per heavy atom. The molecule has 0 aliphatic carbocycles. The molecule has 1 aromatic heterocycles. The van der Waals surface area contributed by atoms with Crippen LogP contribution in [0.4, 0.5) is 0 Å². The van der Waals surface area contributed by atoms with E-state index in [0.717, 1.165) is 12.0 Å². The van der Waals surface area contributed by atoms with Gasteiger partial charge in [0, 0.05) is 10.9 Å². The summed E-state index contributed by atoms with van der Waals surface area (Å²) in [6, 6.07) is 7.18. The molecule has 1 aromatic carbocycles. The molecule has 156 valence electrons. The highest BCUT2D eigenvalue weighted by atomic mass is 32.1. The summed E-state index contributed by atoms with van der Waals surface area (Å²) >= 11 is 1.33. The molecule has 0 unspecified atom stereocenters. The van der Waals surface area contributed by atoms with Gasteiger partial charge in [-0.15, -0.1) is 11.3 Å². The first kappa shape index (κ1) is 22.5. The van der Waals surface area contributed by atoms with Gasteiger partial charge in [-0.05, 0) is 17.9 Å². The van der Waals surface area contributed by atoms with Crippen LogP contribution in [-0.2, 0) is 25.5 Å². The smallest absolute Gasteiger partial charge is 0.358 e. The molecule has 0 bridgehead atoms. The summed E-state index contributed by atoms with van der Waals surface area (Å²) in [7, 11) is 1.26. The first-order valence-corrected chi connectivity index (χ1v) is 10.4. The zero-order valence-corrected chi connectivity index (χ0v) is 17.9. The van der Waals surface area contributed by atoms with Crippen molar-refractivity contribution in [1.82, 2.24) is 10.3 Å². The highest BCUT2D eigenvalue weighted by Gasteiger charge is 2.27. The number of esters is 2. The molecule has 8 heteroatoms. The molecule has 2 rings (SSSR count). The van der Waals surface area contributed by atoms with Gasteiger partial charge in [-0.25, -0.2) is 14.6 Å². The van der Waals surface area contributed by atoms with E-state index in [0.29, 0.717) is 11.4 Å². The van der Waals surface area contributed by atoms with E-state index in [-0.39, 0.29) is 11.6 Å². The standard InChI is InChI=1S/C21H26N2O5S/c1-5-13(3)18(21(26)27-4)23-17(24)11-28-20(25)16-12-29-19(22-16)15-9-7-14(6-2)8-10-15/h7-10,12-13,18H,5-6,11H2,1-4H3,(H,23,24)/t13-,18-/m1/s1. The predicted octanol–water partition coefficient (Wildman–Crippen LogP) is 3.23. The number of nitrogens with one attached hydrogen (secondary N) is 1. The number of methoxy groups -OCH3 is 1. The Morgan fingerprint density at radius 3 is 2.45 bits per heavy atom. The van der Waals surface area contributed by atoms with Crippen LogP contribution in [0.1, 0.15) is 43.2 Å². The third-order valence-electron chi connectivity index (χ3n) is 4.64. The third-order valence-corrected chi connectivity index (χ3v) is 5.53. The highest BCUT2D eigenvalue weighted by Crippen LogP contribution is 2.24. The van der Waals surface area contributed by atoms with Crippen LogP contribution in [0.3, 0.4) is 0 Å². The average Bonchev–Trinajstić information content (AvgIpc) is 3.25. The number of hydrogen-bond acceptors (Lipinski definition) is 7. The lowest BCUT2D eigenvalue weighted by Crippen LogP contribution is -2.47. The molecule has 0 saturated heterocycles. The second-order valence-corrected chi connectivity index (χ2v) is 7.48. The topological polar surface area (TPSA) is 94.6 Å². The van der Waals surface area contributed by atoms with Gasteiger partial charge in [0.2, 0.25) is 0 Å². The molecule has 2 aromatic rings. The molecular formula is C21H26N2O5S. The van der Waals surface area contributed by atoms with Crippen molar-refractivity contribution in [3.63, 3.8) is 0 Å². The minimum absolute atomic E-state index is 0.109. The van der Waals surface area contributed by atoms with Crippen LogP contribution in [0.2, 0.25) is 0 Å². The van der Waals surface area contributed by atoms with E-state index in [2.05, 4.69) is 17.2 Å². The number of nitrogens with zero attached hydrogens (tertiary/aromatic N) is 1. The summed E-state index contributed by atoms with van der Waals surface area (Å²) in [5.41, 5.74) is 2.28. The zero-order chi connectivity index (χ0) is 21.4. The van der Waals surface area contributed by atoms with Gasteiger partial charge in [0.25, 0.3) is 5.91 Å². The summed E-state index contributed by atoms with van der Waals surface area (Å²) in [4.78, 5) is 40.4. The number of benzene rings is 1. The summed E-state index contributed by atoms with van der Waals surface area (Å²) in [6.45, 7) is 5.32. The van der Waals surface area contributed by atoms with Crippen LogP contribution in [0.5, 0.6) is 0 Å². The van der Waals surface area contributed by atoms with Crippen molar-refractivity contribution in [3.05, 3.63) is 40.9 Å². The van der Waals surface area contributed by atoms with E-state index in [4.69, 9.17) is 9.47 Å². The third kappa shape index (κ3) is 6.12. The minimum Gasteiger partial charge on any atom is -0.467 e. The number of aryl methyl sites for hydroxylation is 1. The molecule has 2 atom stereocenters. The molecule has 0 aliphatic heterocycles. The second kappa shape index (κ2) is 10.7. The van der Waals surface area contributed by atoms with Gasteiger partial charge >= 0.3 is 11.9 Å². The number of carbonyl (C=O) groups is 3. The Bertz CT molecular complexity index is 847. The van der Waals surface area contributed by atoms with Crippen molar-refractivity contribution in [2.24, 2.45) is 5.92 Å². The predicted molar refractivity (Wildman–Crippen MR) is 111 cm³/mol. The number of hydrogen-bond donors (Lipinski definition) is 1. The van der Waals surface area contributed by atoms with Crippen molar-refractivity contribution in [2.75, 3.05) is 13.7 Å². The number of carbonyl (C=O) groups excluding carboxylic acids is 3. The van der Waals surface area contributed by atoms with Crippen molar-refractivity contribution in [2.45, 2.75) is 39.7 Å². The van der Waals surface area contributed by atoms with E-state index in [1.54, 1.807) is 5.38 Å². The fourth-order valence-corrected chi connectivity index (χ4v) is 3.39. The summed E-state index contributed by atoms with van der Waals surface area (Å²) in [5, 5.41) is 4.86. The molecule has 0 spiro atoms. The Balaban J connectivity index is 1.94. The lowest BCUT2D eigenvalue weighted by atomic mass is 9.99. The molecule has 0 radical (unpaired) electrons. The maximum Gasteiger partial charge on any atom is 0.358 e. The van der Waals surface area contributed by atoms with E-state index in [9.17, 15) is 14.4 Å². The van der Waals surface area contributed by atoms with Gasteiger partial charge in [-0.1, -0.05) is 51.5 Å². The summed E-state index contributed by atoms with van der Waals surface area (Å²) in [5.74, 6) is -1.90. The van der Waals surface area contributed by atoms with Gasteiger partial charge in [0.15, 0.2) is 12.3 Å². The van der Waals surface area contributed by atoms with E-state index < -0.39 is 30.5 Å². The quantitative estimate of drug-likeness (QED) is 0.628. The normalized spacial score (nSPS) is 12.7. The maximum absolute atomic E-state index is 12.2. The lowest BCUT2D eigenvalue weighted by Gasteiger charge is -2.21. The van der Waals surface area contributed by atoms with Crippen molar-refractivity contribution in [3.8, 4) is 10.6 Å². The van der Waals surface area contributed by atoms with Crippen LogP contribution in [0.25, 0.3) is 10.6 Å². The van der Waals surface area contributed by atoms with Crippen LogP contribution in [-0.4, -0.2) is 42.6 Å². The Kier molecular flexibility index (Phi) is 8.33. The molecule has 0 saturated carbocycles. The van der Waals surface area contributed by atoms with Crippen LogP contribution in [0, 0.1) is 5.92 Å². The molecular weight excluding hydrogens is 392 g/mol. The van der Waals surface area contributed by atoms with Crippen molar-refractivity contribution in [1.29, 1.82) is 0 Å². The first-order valence-electron chi connectivity index (χ1n) is 9.48. The fraction of sp³-hybridized carbons (Fsp3) is 0.429. The molecule has 1 amide bonds. The van der Waals surface area contributed by atoms with Gasteiger partial charge in [0.05, 0.1) is 7.11 Å². The molecule has 1 N–H and O–H groups in total. The first-order chi connectivity index (χ1) is 13.9. The van der Waals surface area contributed by atoms with E-state index >= 15 is 0 Å². The number of amides is 1. The highest BCUT2D eigenvalue weighted by molar-refractivity contribution is 7.13. The fourth-order valence-electron chi connectivity index (χ4n) is 2.60. The Labute approximate surface area is 174 Å². The molecule has 1 heterocycles. The van der Waals surface area contributed by atoms with E-state index in [1.807, 2.05) is 38.1 Å². The van der Waals surface area contributed by atoms with Gasteiger partial charge in [-0.3, -0.25) is 4.79 Å². The second-order valence-electron chi connectivity index (χ2n) is 6.62. The summed E-state index contributed by atoms with van der Waals surface area (Å²) in [6.07, 6.45) is 1.63. The molecule has 0 fully saturated rings. The van der Waals surface area contributed by atoms with Gasteiger partial charge < -0.3 is 14.8 Å². The summed E-state index contributed by atoms with van der Waals surface area (Å²) < 4.78 is 9.76. The molecule has 29 heavy (non-hydrogen) atoms. The largest absolute Gasteiger partial charge is 0.467 e. The number of thiazole rings is 1. The number of ether oxygens (including phenoxy) is 2. The SMILES string of the molecule is CCc1ccc(-c2nc(C(=O)OCC(=O)N[C@@H](C(=O)OC)[C@H](C)CC)cs2)cc1. The maximum atomic E-state index is 12.2. The monoisotopic (exact) mass is 418 g/mol. The number of rotatable bonds is 9. The number of aromatic nitrogens is 1. The van der Waals surface area contributed by atoms with Crippen LogP contribution < -0.4 is 5.32 Å². The van der Waals surface area contributed by atoms with Crippen molar-refractivity contribution < 1.29 is 23.9 Å². The van der Waals surface area contributed by atoms with E-state index in [1.165, 1.54) is 24.0 Å². The van der Waals surface area contributed by atoms with Crippen LogP contribution in [0.15, 0.2) is 29.6 Å². The van der Waals surface area contributed by atoms with Gasteiger partial charge in [0.1, 0.15) is 11.0 Å². The average molecular weight is 419 g/mol. The van der Waals surface area contributed by atoms with Crippen molar-refractivity contribution >= 4 is 29.2 Å². The lowest BCUT2D eigenvalue weighted by molar-refractivity contribution is -0.147. The molecule has 0 aliphatic rings. The van der Waals surface area contributed by atoms with Crippen LogP contribution >= 0.6 is 11.3 Å². The minimum atomic E-state index is -0.784. The molecule has 7 nitrogen and oxygen atoms in total. The zero-order valence-electron chi connectivity index (χ0n) is 17.1. The Hall–Kier alpha value is -2.74. The van der Waals surface area contributed by atoms with Gasteiger partial charge in [-0.2, -0.15) is 0 Å². The Morgan fingerprint density at radius 2 is 1.86 bits per heavy atom.